The summed E-state index contributed by atoms with van der Waals surface area (Å²) < 4.78 is 5.98. The van der Waals surface area contributed by atoms with Crippen molar-refractivity contribution in [1.82, 2.24) is 20.1 Å². The number of aromatic nitrogens is 1. The van der Waals surface area contributed by atoms with Gasteiger partial charge in [0.1, 0.15) is 6.10 Å². The molecule has 2 aliphatic rings. The summed E-state index contributed by atoms with van der Waals surface area (Å²) in [6, 6.07) is 11.9. The van der Waals surface area contributed by atoms with Gasteiger partial charge in [-0.1, -0.05) is 29.8 Å². The lowest BCUT2D eigenvalue weighted by atomic mass is 10.0. The van der Waals surface area contributed by atoms with E-state index in [0.717, 1.165) is 27.5 Å². The molecular weight excluding hydrogens is 416 g/mol. The van der Waals surface area contributed by atoms with E-state index in [1.165, 1.54) is 0 Å². The normalized spacial score (nSPS) is 19.9. The van der Waals surface area contributed by atoms with Crippen molar-refractivity contribution >= 4 is 23.4 Å². The molecule has 1 N–H and O–H groups in total. The lowest BCUT2D eigenvalue weighted by molar-refractivity contribution is -0.141. The van der Waals surface area contributed by atoms with E-state index in [4.69, 9.17) is 16.3 Å². The standard InChI is InChI=1S/C23H27ClN4O3/c1-16-10-17(11-18-4-2-3-5-19(18)24)12-20(26-16)21-13-28(8-9-31-21)23(30)15-27-7-6-25-22(29)14-27/h2-5,10,12,21H,6-9,11,13-15H2,1H3,(H,25,29)/t21-/m1/s1. The predicted molar refractivity (Wildman–Crippen MR) is 118 cm³/mol. The second-order valence-electron chi connectivity index (χ2n) is 8.07. The molecule has 31 heavy (non-hydrogen) atoms. The number of aryl methyl sites for hydroxylation is 1. The SMILES string of the molecule is Cc1cc(Cc2ccccc2Cl)cc([C@H]2CN(C(=O)CN3CCNC(=O)C3)CCO2)n1. The highest BCUT2D eigenvalue weighted by molar-refractivity contribution is 6.31. The molecular formula is C23H27ClN4O3. The van der Waals surface area contributed by atoms with Crippen LogP contribution >= 0.6 is 11.6 Å². The van der Waals surface area contributed by atoms with Gasteiger partial charge in [-0.25, -0.2) is 0 Å². The van der Waals surface area contributed by atoms with Crippen molar-refractivity contribution in [3.8, 4) is 0 Å². The Morgan fingerprint density at radius 1 is 1.29 bits per heavy atom. The average Bonchev–Trinajstić information content (AvgIpc) is 2.75. The maximum absolute atomic E-state index is 12.8. The molecule has 2 saturated heterocycles. The molecule has 2 fully saturated rings. The van der Waals surface area contributed by atoms with Crippen LogP contribution in [0.15, 0.2) is 36.4 Å². The monoisotopic (exact) mass is 442 g/mol. The summed E-state index contributed by atoms with van der Waals surface area (Å²) in [5.41, 5.74) is 3.91. The molecule has 3 heterocycles. The Hall–Kier alpha value is -2.48. The molecule has 0 bridgehead atoms. The van der Waals surface area contributed by atoms with Crippen molar-refractivity contribution in [3.05, 3.63) is 63.9 Å². The van der Waals surface area contributed by atoms with Gasteiger partial charge >= 0.3 is 0 Å². The van der Waals surface area contributed by atoms with Crippen molar-refractivity contribution in [3.63, 3.8) is 0 Å². The first-order chi connectivity index (χ1) is 15.0. The van der Waals surface area contributed by atoms with Crippen LogP contribution in [0, 0.1) is 6.92 Å². The summed E-state index contributed by atoms with van der Waals surface area (Å²) >= 11 is 6.33. The molecule has 1 atom stereocenters. The van der Waals surface area contributed by atoms with E-state index in [1.807, 2.05) is 47.1 Å². The molecule has 7 nitrogen and oxygen atoms in total. The molecule has 0 radical (unpaired) electrons. The number of nitrogens with zero attached hydrogens (tertiary/aromatic N) is 3. The van der Waals surface area contributed by atoms with Crippen molar-refractivity contribution in [2.24, 2.45) is 0 Å². The topological polar surface area (TPSA) is 74.8 Å². The molecule has 1 aromatic carbocycles. The Kier molecular flexibility index (Phi) is 6.85. The van der Waals surface area contributed by atoms with E-state index in [-0.39, 0.29) is 31.0 Å². The van der Waals surface area contributed by atoms with Gasteiger partial charge in [0.25, 0.3) is 0 Å². The molecule has 0 unspecified atom stereocenters. The summed E-state index contributed by atoms with van der Waals surface area (Å²) in [4.78, 5) is 32.8. The first kappa shape index (κ1) is 21.7. The molecule has 8 heteroatoms. The third kappa shape index (κ3) is 5.61. The fourth-order valence-corrected chi connectivity index (χ4v) is 4.27. The summed E-state index contributed by atoms with van der Waals surface area (Å²) in [6.07, 6.45) is 0.440. The van der Waals surface area contributed by atoms with Gasteiger partial charge in [-0.2, -0.15) is 0 Å². The molecule has 164 valence electrons. The number of benzene rings is 1. The predicted octanol–water partition coefficient (Wildman–Crippen LogP) is 1.97. The average molecular weight is 443 g/mol. The smallest absolute Gasteiger partial charge is 0.236 e. The minimum absolute atomic E-state index is 0.0203. The number of halogens is 1. The largest absolute Gasteiger partial charge is 0.368 e. The first-order valence-electron chi connectivity index (χ1n) is 10.6. The number of ether oxygens (including phenoxy) is 1. The van der Waals surface area contributed by atoms with Crippen LogP contribution < -0.4 is 5.32 Å². The minimum atomic E-state index is -0.271. The van der Waals surface area contributed by atoms with Crippen LogP contribution in [-0.4, -0.2) is 72.5 Å². The highest BCUT2D eigenvalue weighted by atomic mass is 35.5. The Morgan fingerprint density at radius 2 is 2.13 bits per heavy atom. The number of rotatable bonds is 5. The van der Waals surface area contributed by atoms with Crippen molar-refractivity contribution in [2.45, 2.75) is 19.4 Å². The number of carbonyl (C=O) groups excluding carboxylic acids is 2. The van der Waals surface area contributed by atoms with E-state index in [1.54, 1.807) is 0 Å². The summed E-state index contributed by atoms with van der Waals surface area (Å²) in [7, 11) is 0. The number of hydrogen-bond donors (Lipinski definition) is 1. The van der Waals surface area contributed by atoms with Gasteiger partial charge < -0.3 is 15.0 Å². The fourth-order valence-electron chi connectivity index (χ4n) is 4.07. The van der Waals surface area contributed by atoms with Crippen LogP contribution in [0.4, 0.5) is 0 Å². The van der Waals surface area contributed by atoms with Crippen LogP contribution in [0.2, 0.25) is 5.02 Å². The van der Waals surface area contributed by atoms with Crippen LogP contribution in [-0.2, 0) is 20.7 Å². The molecule has 2 amide bonds. The summed E-state index contributed by atoms with van der Waals surface area (Å²) in [6.45, 7) is 5.23. The highest BCUT2D eigenvalue weighted by Gasteiger charge is 2.28. The van der Waals surface area contributed by atoms with Crippen molar-refractivity contribution in [2.75, 3.05) is 45.9 Å². The number of pyridine rings is 1. The second kappa shape index (κ2) is 9.77. The Labute approximate surface area is 187 Å². The molecule has 0 saturated carbocycles. The highest BCUT2D eigenvalue weighted by Crippen LogP contribution is 2.25. The van der Waals surface area contributed by atoms with E-state index < -0.39 is 0 Å². The first-order valence-corrected chi connectivity index (χ1v) is 10.9. The molecule has 4 rings (SSSR count). The third-order valence-corrected chi connectivity index (χ3v) is 5.98. The van der Waals surface area contributed by atoms with E-state index in [2.05, 4.69) is 16.4 Å². The lowest BCUT2D eigenvalue weighted by Crippen LogP contribution is -2.52. The molecule has 0 spiro atoms. The quantitative estimate of drug-likeness (QED) is 0.766. The zero-order valence-corrected chi connectivity index (χ0v) is 18.4. The minimum Gasteiger partial charge on any atom is -0.368 e. The Morgan fingerprint density at radius 3 is 2.94 bits per heavy atom. The van der Waals surface area contributed by atoms with Gasteiger partial charge in [0, 0.05) is 30.4 Å². The maximum Gasteiger partial charge on any atom is 0.236 e. The van der Waals surface area contributed by atoms with E-state index >= 15 is 0 Å². The van der Waals surface area contributed by atoms with Crippen molar-refractivity contribution < 1.29 is 14.3 Å². The van der Waals surface area contributed by atoms with Gasteiger partial charge in [0.2, 0.25) is 11.8 Å². The van der Waals surface area contributed by atoms with Crippen LogP contribution in [0.1, 0.15) is 28.6 Å². The van der Waals surface area contributed by atoms with Gasteiger partial charge in [-0.05, 0) is 42.7 Å². The number of piperazine rings is 1. The number of morpholine rings is 1. The summed E-state index contributed by atoms with van der Waals surface area (Å²) in [5, 5.41) is 3.53. The van der Waals surface area contributed by atoms with Crippen LogP contribution in [0.3, 0.4) is 0 Å². The molecule has 1 aromatic heterocycles. The Bertz CT molecular complexity index is 968. The Balaban J connectivity index is 1.44. The zero-order chi connectivity index (χ0) is 21.8. The van der Waals surface area contributed by atoms with Gasteiger partial charge in [0.15, 0.2) is 0 Å². The molecule has 0 aliphatic carbocycles. The number of carbonyl (C=O) groups is 2. The second-order valence-corrected chi connectivity index (χ2v) is 8.48. The number of nitrogens with one attached hydrogen (secondary N) is 1. The lowest BCUT2D eigenvalue weighted by Gasteiger charge is -2.35. The van der Waals surface area contributed by atoms with Crippen LogP contribution in [0.25, 0.3) is 0 Å². The van der Waals surface area contributed by atoms with E-state index in [9.17, 15) is 9.59 Å². The third-order valence-electron chi connectivity index (χ3n) is 5.61. The zero-order valence-electron chi connectivity index (χ0n) is 17.6. The van der Waals surface area contributed by atoms with E-state index in [0.29, 0.717) is 39.2 Å². The van der Waals surface area contributed by atoms with Gasteiger partial charge in [-0.3, -0.25) is 19.5 Å². The number of amides is 2. The maximum atomic E-state index is 12.8. The fraction of sp³-hybridized carbons (Fsp3) is 0.435. The molecule has 2 aliphatic heterocycles. The number of hydrogen-bond acceptors (Lipinski definition) is 5. The van der Waals surface area contributed by atoms with Crippen LogP contribution in [0.5, 0.6) is 0 Å². The summed E-state index contributed by atoms with van der Waals surface area (Å²) in [5.74, 6) is -0.0131. The molecule has 2 aromatic rings. The van der Waals surface area contributed by atoms with Gasteiger partial charge in [0.05, 0.1) is 31.9 Å². The van der Waals surface area contributed by atoms with Crippen molar-refractivity contribution in [1.29, 1.82) is 0 Å². The van der Waals surface area contributed by atoms with Gasteiger partial charge in [-0.15, -0.1) is 0 Å².